The van der Waals surface area contributed by atoms with E-state index >= 15 is 0 Å². The monoisotopic (exact) mass is 357 g/mol. The van der Waals surface area contributed by atoms with Gasteiger partial charge in [-0.25, -0.2) is 9.18 Å². The lowest BCUT2D eigenvalue weighted by Crippen LogP contribution is -2.28. The highest BCUT2D eigenvalue weighted by Gasteiger charge is 2.24. The van der Waals surface area contributed by atoms with E-state index in [9.17, 15) is 14.0 Å². The fraction of sp³-hybridized carbons (Fsp3) is 0.263. The summed E-state index contributed by atoms with van der Waals surface area (Å²) in [6.07, 6.45) is 1.32. The summed E-state index contributed by atoms with van der Waals surface area (Å²) in [5, 5.41) is 5.44. The zero-order valence-corrected chi connectivity index (χ0v) is 14.4. The van der Waals surface area contributed by atoms with Crippen LogP contribution in [0.2, 0.25) is 0 Å². The molecule has 1 aliphatic rings. The summed E-state index contributed by atoms with van der Waals surface area (Å²) in [7, 11) is 1.54. The van der Waals surface area contributed by atoms with Gasteiger partial charge >= 0.3 is 6.03 Å². The van der Waals surface area contributed by atoms with Gasteiger partial charge in [0, 0.05) is 25.2 Å². The highest BCUT2D eigenvalue weighted by molar-refractivity contribution is 5.98. The van der Waals surface area contributed by atoms with E-state index in [4.69, 9.17) is 4.74 Å². The van der Waals surface area contributed by atoms with Gasteiger partial charge in [-0.1, -0.05) is 12.1 Å². The molecule has 0 atom stereocenters. The van der Waals surface area contributed by atoms with E-state index in [1.807, 2.05) is 0 Å². The van der Waals surface area contributed by atoms with Crippen LogP contribution in [-0.2, 0) is 11.3 Å². The van der Waals surface area contributed by atoms with Crippen LogP contribution < -0.4 is 20.3 Å². The molecule has 0 unspecified atom stereocenters. The van der Waals surface area contributed by atoms with E-state index in [2.05, 4.69) is 10.6 Å². The van der Waals surface area contributed by atoms with Gasteiger partial charge in [-0.05, 0) is 42.3 Å². The lowest BCUT2D eigenvalue weighted by atomic mass is 10.2. The van der Waals surface area contributed by atoms with Crippen molar-refractivity contribution in [3.05, 3.63) is 53.8 Å². The van der Waals surface area contributed by atoms with Crippen LogP contribution in [0.3, 0.4) is 0 Å². The first-order chi connectivity index (χ1) is 12.6. The van der Waals surface area contributed by atoms with Crippen LogP contribution in [-0.4, -0.2) is 25.6 Å². The van der Waals surface area contributed by atoms with Crippen LogP contribution in [0.25, 0.3) is 0 Å². The predicted octanol–water partition coefficient (Wildman–Crippen LogP) is 3.28. The lowest BCUT2D eigenvalue weighted by molar-refractivity contribution is -0.117. The maximum atomic E-state index is 12.9. The van der Waals surface area contributed by atoms with Crippen LogP contribution in [0, 0.1) is 5.82 Å². The second kappa shape index (κ2) is 7.86. The third-order valence-electron chi connectivity index (χ3n) is 4.17. The maximum Gasteiger partial charge on any atom is 0.319 e. The minimum Gasteiger partial charge on any atom is -0.495 e. The molecule has 26 heavy (non-hydrogen) atoms. The minimum atomic E-state index is -0.391. The highest BCUT2D eigenvalue weighted by Crippen LogP contribution is 2.33. The Labute approximate surface area is 150 Å². The van der Waals surface area contributed by atoms with Crippen molar-refractivity contribution in [3.63, 3.8) is 0 Å². The fourth-order valence-corrected chi connectivity index (χ4v) is 2.84. The van der Waals surface area contributed by atoms with E-state index in [0.717, 1.165) is 12.0 Å². The SMILES string of the molecule is COc1ccc(NC(=O)NCc2ccc(F)cc2)cc1N1CCCC1=O. The van der Waals surface area contributed by atoms with Gasteiger partial charge in [-0.2, -0.15) is 0 Å². The average molecular weight is 357 g/mol. The van der Waals surface area contributed by atoms with Crippen molar-refractivity contribution in [2.45, 2.75) is 19.4 Å². The zero-order valence-electron chi connectivity index (χ0n) is 14.4. The number of nitrogens with zero attached hydrogens (tertiary/aromatic N) is 1. The summed E-state index contributed by atoms with van der Waals surface area (Å²) >= 11 is 0. The third-order valence-corrected chi connectivity index (χ3v) is 4.17. The predicted molar refractivity (Wildman–Crippen MR) is 96.8 cm³/mol. The van der Waals surface area contributed by atoms with E-state index < -0.39 is 6.03 Å². The third kappa shape index (κ3) is 4.11. The maximum absolute atomic E-state index is 12.9. The van der Waals surface area contributed by atoms with Crippen molar-refractivity contribution in [2.24, 2.45) is 0 Å². The smallest absolute Gasteiger partial charge is 0.319 e. The molecule has 1 heterocycles. The Morgan fingerprint density at radius 2 is 2.00 bits per heavy atom. The molecule has 3 rings (SSSR count). The van der Waals surface area contributed by atoms with Crippen molar-refractivity contribution in [2.75, 3.05) is 23.9 Å². The second-order valence-electron chi connectivity index (χ2n) is 5.97. The van der Waals surface area contributed by atoms with Crippen molar-refractivity contribution < 1.29 is 18.7 Å². The standard InChI is InChI=1S/C19H20FN3O3/c1-26-17-9-8-15(11-16(17)23-10-2-3-18(23)24)22-19(25)21-12-13-4-6-14(20)7-5-13/h4-9,11H,2-3,10,12H2,1H3,(H2,21,22,25). The van der Waals surface area contributed by atoms with E-state index in [1.165, 1.54) is 12.1 Å². The van der Waals surface area contributed by atoms with E-state index in [1.54, 1.807) is 42.3 Å². The number of carbonyl (C=O) groups excluding carboxylic acids is 2. The molecule has 0 radical (unpaired) electrons. The van der Waals surface area contributed by atoms with E-state index in [0.29, 0.717) is 30.1 Å². The number of anilines is 2. The van der Waals surface area contributed by atoms with Gasteiger partial charge in [0.1, 0.15) is 11.6 Å². The lowest BCUT2D eigenvalue weighted by Gasteiger charge is -2.20. The van der Waals surface area contributed by atoms with Crippen LogP contribution in [0.15, 0.2) is 42.5 Å². The highest BCUT2D eigenvalue weighted by atomic mass is 19.1. The summed E-state index contributed by atoms with van der Waals surface area (Å²) < 4.78 is 18.2. The Kier molecular flexibility index (Phi) is 5.36. The first kappa shape index (κ1) is 17.7. The van der Waals surface area contributed by atoms with Crippen molar-refractivity contribution in [1.82, 2.24) is 5.32 Å². The van der Waals surface area contributed by atoms with Gasteiger partial charge in [0.2, 0.25) is 5.91 Å². The van der Waals surface area contributed by atoms with E-state index in [-0.39, 0.29) is 18.3 Å². The quantitative estimate of drug-likeness (QED) is 0.863. The summed E-state index contributed by atoms with van der Waals surface area (Å²) in [5.41, 5.74) is 1.99. The molecular formula is C19H20FN3O3. The molecule has 2 N–H and O–H groups in total. The van der Waals surface area contributed by atoms with Gasteiger partial charge in [0.15, 0.2) is 0 Å². The molecular weight excluding hydrogens is 337 g/mol. The molecule has 0 aromatic heterocycles. The Balaban J connectivity index is 1.66. The minimum absolute atomic E-state index is 0.0428. The first-order valence-corrected chi connectivity index (χ1v) is 8.34. The number of hydrogen-bond acceptors (Lipinski definition) is 3. The van der Waals surface area contributed by atoms with Crippen LogP contribution >= 0.6 is 0 Å². The molecule has 7 heteroatoms. The molecule has 2 aromatic rings. The fourth-order valence-electron chi connectivity index (χ4n) is 2.84. The molecule has 1 saturated heterocycles. The summed E-state index contributed by atoms with van der Waals surface area (Å²) in [4.78, 5) is 25.8. The summed E-state index contributed by atoms with van der Waals surface area (Å²) in [6, 6.07) is 10.7. The van der Waals surface area contributed by atoms with Crippen molar-refractivity contribution in [3.8, 4) is 5.75 Å². The first-order valence-electron chi connectivity index (χ1n) is 8.34. The molecule has 1 fully saturated rings. The molecule has 6 nitrogen and oxygen atoms in total. The van der Waals surface area contributed by atoms with Crippen molar-refractivity contribution >= 4 is 23.3 Å². The number of ether oxygens (including phenoxy) is 1. The number of hydrogen-bond donors (Lipinski definition) is 2. The average Bonchev–Trinajstić information content (AvgIpc) is 3.07. The van der Waals surface area contributed by atoms with Gasteiger partial charge < -0.3 is 20.3 Å². The number of carbonyl (C=O) groups is 2. The zero-order chi connectivity index (χ0) is 18.5. The molecule has 0 saturated carbocycles. The molecule has 0 bridgehead atoms. The topological polar surface area (TPSA) is 70.7 Å². The summed E-state index contributed by atoms with van der Waals surface area (Å²) in [6.45, 7) is 0.912. The van der Waals surface area contributed by atoms with Crippen molar-refractivity contribution in [1.29, 1.82) is 0 Å². The Bertz CT molecular complexity index is 808. The molecule has 0 spiro atoms. The number of nitrogens with one attached hydrogen (secondary N) is 2. The number of benzene rings is 2. The number of rotatable bonds is 5. The molecule has 1 aliphatic heterocycles. The van der Waals surface area contributed by atoms with Gasteiger partial charge in [0.05, 0.1) is 12.8 Å². The van der Waals surface area contributed by atoms with Gasteiger partial charge in [-0.15, -0.1) is 0 Å². The number of methoxy groups -OCH3 is 1. The Morgan fingerprint density at radius 1 is 1.23 bits per heavy atom. The van der Waals surface area contributed by atoms with Gasteiger partial charge in [0.25, 0.3) is 0 Å². The Morgan fingerprint density at radius 3 is 2.65 bits per heavy atom. The molecule has 136 valence electrons. The number of amides is 3. The normalized spacial score (nSPS) is 13.6. The van der Waals surface area contributed by atoms with Crippen LogP contribution in [0.1, 0.15) is 18.4 Å². The number of halogens is 1. The van der Waals surface area contributed by atoms with Gasteiger partial charge in [-0.3, -0.25) is 4.79 Å². The van der Waals surface area contributed by atoms with Crippen LogP contribution in [0.4, 0.5) is 20.6 Å². The largest absolute Gasteiger partial charge is 0.495 e. The summed E-state index contributed by atoms with van der Waals surface area (Å²) in [5.74, 6) is 0.305. The van der Waals surface area contributed by atoms with Crippen LogP contribution in [0.5, 0.6) is 5.75 Å². The molecule has 2 aromatic carbocycles. The molecule has 0 aliphatic carbocycles. The number of urea groups is 1. The Hall–Kier alpha value is -3.09. The second-order valence-corrected chi connectivity index (χ2v) is 5.97. The molecule has 3 amide bonds.